The van der Waals surface area contributed by atoms with Crippen LogP contribution in [0.2, 0.25) is 0 Å². The molecule has 0 radical (unpaired) electrons. The Morgan fingerprint density at radius 3 is 1.19 bits per heavy atom. The Labute approximate surface area is 341 Å². The van der Waals surface area contributed by atoms with Crippen LogP contribution in [0.1, 0.15) is 50.2 Å². The normalized spacial score (nSPS) is 14.3. The van der Waals surface area contributed by atoms with Crippen molar-refractivity contribution in [2.75, 3.05) is 14.1 Å². The summed E-state index contributed by atoms with van der Waals surface area (Å²) in [5, 5.41) is 35.5. The van der Waals surface area contributed by atoms with E-state index in [-0.39, 0.29) is 37.8 Å². The Kier molecular flexibility index (Phi) is 17.1. The van der Waals surface area contributed by atoms with Gasteiger partial charge in [0, 0.05) is 26.5 Å². The molecule has 14 heteroatoms. The zero-order valence-corrected chi connectivity index (χ0v) is 34.2. The second-order valence-corrected chi connectivity index (χ2v) is 15.3. The van der Waals surface area contributed by atoms with Gasteiger partial charge >= 0.3 is 12.1 Å². The maximum atomic E-state index is 14.0. The number of carbonyl (C=O) groups is 4. The lowest BCUT2D eigenvalue weighted by molar-refractivity contribution is -0.129. The average Bonchev–Trinajstić information content (AvgIpc) is 3.21. The molecule has 58 heavy (non-hydrogen) atoms. The molecule has 14 nitrogen and oxygen atoms in total. The third-order valence-corrected chi connectivity index (χ3v) is 9.83. The van der Waals surface area contributed by atoms with E-state index in [1.165, 1.54) is 9.80 Å². The van der Waals surface area contributed by atoms with Crippen LogP contribution >= 0.6 is 0 Å². The van der Waals surface area contributed by atoms with Gasteiger partial charge in [-0.2, -0.15) is 0 Å². The molecule has 0 bridgehead atoms. The molecule has 2 aromatic carbocycles. The van der Waals surface area contributed by atoms with E-state index in [0.717, 1.165) is 11.1 Å². The number of pyridine rings is 2. The zero-order valence-electron chi connectivity index (χ0n) is 34.2. The van der Waals surface area contributed by atoms with Crippen LogP contribution < -0.4 is 21.3 Å². The minimum absolute atomic E-state index is 0.127. The largest absolute Gasteiger partial charge is 0.388 e. The maximum Gasteiger partial charge on any atom is 0.318 e. The minimum atomic E-state index is -1.59. The highest BCUT2D eigenvalue weighted by Gasteiger charge is 2.38. The van der Waals surface area contributed by atoms with Gasteiger partial charge in [-0.3, -0.25) is 19.6 Å². The van der Waals surface area contributed by atoms with Gasteiger partial charge in [0.25, 0.3) is 0 Å². The number of aliphatic hydroxyl groups is 2. The van der Waals surface area contributed by atoms with Crippen LogP contribution in [0, 0.1) is 11.8 Å². The van der Waals surface area contributed by atoms with Crippen LogP contribution in [0.15, 0.2) is 109 Å². The lowest BCUT2D eigenvalue weighted by atomic mass is 9.90. The van der Waals surface area contributed by atoms with E-state index in [1.807, 2.05) is 72.8 Å². The highest BCUT2D eigenvalue weighted by atomic mass is 16.3. The molecule has 0 aliphatic rings. The van der Waals surface area contributed by atoms with E-state index in [1.54, 1.807) is 78.4 Å². The smallest absolute Gasteiger partial charge is 0.318 e. The molecule has 6 amide bonds. The first-order valence-corrected chi connectivity index (χ1v) is 19.6. The molecular formula is C44H58N8O6. The van der Waals surface area contributed by atoms with Crippen molar-refractivity contribution in [1.29, 1.82) is 0 Å². The van der Waals surface area contributed by atoms with Crippen molar-refractivity contribution in [1.82, 2.24) is 41.0 Å². The fourth-order valence-electron chi connectivity index (χ4n) is 6.44. The summed E-state index contributed by atoms with van der Waals surface area (Å²) in [5.41, 5.74) is 2.91. The predicted octanol–water partition coefficient (Wildman–Crippen LogP) is 3.69. The Morgan fingerprint density at radius 2 is 0.879 bits per heavy atom. The van der Waals surface area contributed by atoms with Gasteiger partial charge in [0.2, 0.25) is 11.8 Å². The van der Waals surface area contributed by atoms with Gasteiger partial charge in [-0.1, -0.05) is 100 Å². The monoisotopic (exact) mass is 794 g/mol. The standard InChI is InChI=1S/C44H58N8O6/c1-29(2)37(49-43(57)51(5)27-33-21-13-15-23-45-33)41(55)47-35(25-31-17-9-7-10-18-31)39(53)40(54)36(26-32-19-11-8-12-20-32)48-42(56)38(30(3)4)50-44(58)52(6)28-34-22-14-16-24-46-34/h7-24,29-30,35-40,53-54H,25-28H2,1-6H3,(H,47,55)(H,48,56)(H,49,57)(H,50,58)/t35-,36-,37-,38+,39+,40-/m0/s1. The van der Waals surface area contributed by atoms with Gasteiger partial charge in [-0.25, -0.2) is 9.59 Å². The van der Waals surface area contributed by atoms with E-state index in [0.29, 0.717) is 11.4 Å². The molecule has 6 N–H and O–H groups in total. The van der Waals surface area contributed by atoms with E-state index in [9.17, 15) is 29.4 Å². The number of benzene rings is 2. The van der Waals surface area contributed by atoms with Gasteiger partial charge in [-0.05, 0) is 60.1 Å². The van der Waals surface area contributed by atoms with Crippen molar-refractivity contribution in [3.8, 4) is 0 Å². The van der Waals surface area contributed by atoms with Crippen molar-refractivity contribution >= 4 is 23.9 Å². The molecule has 0 unspecified atom stereocenters. The number of nitrogens with one attached hydrogen (secondary N) is 4. The van der Waals surface area contributed by atoms with Gasteiger partial charge in [0.15, 0.2) is 0 Å². The fraction of sp³-hybridized carbons (Fsp3) is 0.409. The molecule has 2 heterocycles. The summed E-state index contributed by atoms with van der Waals surface area (Å²) in [6.07, 6.45) is 0.347. The minimum Gasteiger partial charge on any atom is -0.388 e. The number of urea groups is 2. The molecular weight excluding hydrogens is 737 g/mol. The van der Waals surface area contributed by atoms with Gasteiger partial charge in [0.05, 0.1) is 36.6 Å². The third-order valence-electron chi connectivity index (χ3n) is 9.83. The number of aliphatic hydroxyl groups excluding tert-OH is 2. The molecule has 0 aliphatic carbocycles. The molecule has 0 spiro atoms. The molecule has 0 saturated heterocycles. The van der Waals surface area contributed by atoms with Crippen LogP contribution in [0.3, 0.4) is 0 Å². The quantitative estimate of drug-likeness (QED) is 0.0829. The highest BCUT2D eigenvalue weighted by molar-refractivity contribution is 5.88. The Balaban J connectivity index is 1.56. The summed E-state index contributed by atoms with van der Waals surface area (Å²) in [4.78, 5) is 66.0. The van der Waals surface area contributed by atoms with E-state index < -0.39 is 60.3 Å². The van der Waals surface area contributed by atoms with E-state index in [2.05, 4.69) is 31.2 Å². The molecule has 0 fully saturated rings. The Bertz CT molecular complexity index is 1730. The summed E-state index contributed by atoms with van der Waals surface area (Å²) < 4.78 is 0. The second kappa shape index (κ2) is 22.2. The summed E-state index contributed by atoms with van der Waals surface area (Å²) in [5.74, 6) is -1.79. The van der Waals surface area contributed by atoms with Crippen LogP contribution in [0.5, 0.6) is 0 Å². The number of hydrogen-bond acceptors (Lipinski definition) is 8. The number of carbonyl (C=O) groups excluding carboxylic acids is 4. The van der Waals surface area contributed by atoms with Crippen molar-refractivity contribution < 1.29 is 29.4 Å². The van der Waals surface area contributed by atoms with Gasteiger partial charge in [-0.15, -0.1) is 0 Å². The van der Waals surface area contributed by atoms with Crippen molar-refractivity contribution in [3.05, 3.63) is 132 Å². The molecule has 310 valence electrons. The molecule has 0 aliphatic heterocycles. The van der Waals surface area contributed by atoms with Crippen LogP contribution in [-0.4, -0.2) is 104 Å². The van der Waals surface area contributed by atoms with Crippen LogP contribution in [0.4, 0.5) is 9.59 Å². The lowest BCUT2D eigenvalue weighted by Gasteiger charge is -2.35. The second-order valence-electron chi connectivity index (χ2n) is 15.3. The first kappa shape index (κ1) is 44.8. The topological polar surface area (TPSA) is 189 Å². The van der Waals surface area contributed by atoms with E-state index in [4.69, 9.17) is 0 Å². The van der Waals surface area contributed by atoms with Gasteiger partial charge < -0.3 is 41.3 Å². The molecule has 2 aromatic heterocycles. The van der Waals surface area contributed by atoms with Crippen molar-refractivity contribution in [2.24, 2.45) is 11.8 Å². The first-order valence-electron chi connectivity index (χ1n) is 19.6. The highest BCUT2D eigenvalue weighted by Crippen LogP contribution is 2.17. The van der Waals surface area contributed by atoms with Crippen LogP contribution in [-0.2, 0) is 35.5 Å². The maximum absolute atomic E-state index is 14.0. The van der Waals surface area contributed by atoms with Gasteiger partial charge in [0.1, 0.15) is 24.3 Å². The fourth-order valence-corrected chi connectivity index (χ4v) is 6.44. The molecule has 4 aromatic rings. The summed E-state index contributed by atoms with van der Waals surface area (Å²) in [6.45, 7) is 7.63. The lowest BCUT2D eigenvalue weighted by Crippen LogP contribution is -2.62. The van der Waals surface area contributed by atoms with E-state index >= 15 is 0 Å². The van der Waals surface area contributed by atoms with Crippen molar-refractivity contribution in [3.63, 3.8) is 0 Å². The number of aromatic nitrogens is 2. The summed E-state index contributed by atoms with van der Waals surface area (Å²) in [7, 11) is 3.21. The zero-order chi connectivity index (χ0) is 42.2. The Hall–Kier alpha value is -5.86. The number of hydrogen-bond donors (Lipinski definition) is 6. The first-order chi connectivity index (χ1) is 27.7. The predicted molar refractivity (Wildman–Crippen MR) is 222 cm³/mol. The number of rotatable bonds is 19. The summed E-state index contributed by atoms with van der Waals surface area (Å²) in [6, 6.07) is 24.2. The molecule has 0 saturated carbocycles. The SMILES string of the molecule is CC(C)[C@H](NC(=O)N(C)Cc1ccccn1)C(=O)N[C@@H](Cc1ccccc1)[C@@H](O)[C@@H](O)[C@H](Cc1ccccc1)NC(=O)[C@H](NC(=O)N(C)Cc1ccccn1)C(C)C. The third kappa shape index (κ3) is 13.7. The Morgan fingerprint density at radius 1 is 0.534 bits per heavy atom. The number of nitrogens with zero attached hydrogens (tertiary/aromatic N) is 4. The molecule has 4 rings (SSSR count). The van der Waals surface area contributed by atoms with Crippen LogP contribution in [0.25, 0.3) is 0 Å². The number of amides is 6. The molecule has 6 atom stereocenters. The van der Waals surface area contributed by atoms with Crippen molar-refractivity contribution in [2.45, 2.75) is 90.0 Å². The average molecular weight is 795 g/mol. The summed E-state index contributed by atoms with van der Waals surface area (Å²) >= 11 is 0.